The van der Waals surface area contributed by atoms with E-state index < -0.39 is 0 Å². The molecule has 23 heavy (non-hydrogen) atoms. The van der Waals surface area contributed by atoms with Gasteiger partial charge in [0.25, 0.3) is 5.91 Å². The zero-order valence-corrected chi connectivity index (χ0v) is 13.0. The molecule has 0 saturated heterocycles. The third kappa shape index (κ3) is 4.42. The predicted molar refractivity (Wildman–Crippen MR) is 87.8 cm³/mol. The number of nitriles is 1. The molecule has 0 aliphatic rings. The third-order valence-corrected chi connectivity index (χ3v) is 3.35. The van der Waals surface area contributed by atoms with Crippen LogP contribution in [0.5, 0.6) is 0 Å². The minimum absolute atomic E-state index is 0.156. The summed E-state index contributed by atoms with van der Waals surface area (Å²) in [6, 6.07) is 15.7. The summed E-state index contributed by atoms with van der Waals surface area (Å²) in [4.78, 5) is 23.2. The maximum absolute atomic E-state index is 12.2. The number of hydrogen-bond donors (Lipinski definition) is 2. The Morgan fingerprint density at radius 1 is 1.04 bits per heavy atom. The van der Waals surface area contributed by atoms with Crippen LogP contribution in [-0.4, -0.2) is 11.8 Å². The molecule has 2 N–H and O–H groups in total. The van der Waals surface area contributed by atoms with Gasteiger partial charge in [-0.05, 0) is 48.9 Å². The summed E-state index contributed by atoms with van der Waals surface area (Å²) in [6.07, 6.45) is 0. The van der Waals surface area contributed by atoms with Crippen molar-refractivity contribution in [1.82, 2.24) is 5.32 Å². The van der Waals surface area contributed by atoms with Crippen molar-refractivity contribution in [3.8, 4) is 6.07 Å². The van der Waals surface area contributed by atoms with Gasteiger partial charge in [0.2, 0.25) is 5.91 Å². The lowest BCUT2D eigenvalue weighted by molar-refractivity contribution is -0.114. The van der Waals surface area contributed by atoms with Gasteiger partial charge in [0.1, 0.15) is 0 Å². The highest BCUT2D eigenvalue weighted by Crippen LogP contribution is 2.15. The lowest BCUT2D eigenvalue weighted by Crippen LogP contribution is -2.26. The first kappa shape index (κ1) is 16.2. The molecule has 0 aliphatic heterocycles. The SMILES string of the molecule is CC(=O)Nc1ccc(C(=O)NC(C)c2ccc(C#N)cc2)cc1. The summed E-state index contributed by atoms with van der Waals surface area (Å²) in [5.41, 5.74) is 2.67. The summed E-state index contributed by atoms with van der Waals surface area (Å²) in [5, 5.41) is 14.3. The second-order valence-electron chi connectivity index (χ2n) is 5.19. The molecule has 116 valence electrons. The van der Waals surface area contributed by atoms with Gasteiger partial charge < -0.3 is 10.6 Å². The third-order valence-electron chi connectivity index (χ3n) is 3.35. The van der Waals surface area contributed by atoms with Crippen LogP contribution in [0.3, 0.4) is 0 Å². The van der Waals surface area contributed by atoms with Gasteiger partial charge >= 0.3 is 0 Å². The van der Waals surface area contributed by atoms with E-state index in [1.807, 2.05) is 19.1 Å². The number of nitrogens with zero attached hydrogens (tertiary/aromatic N) is 1. The maximum atomic E-state index is 12.2. The number of hydrogen-bond acceptors (Lipinski definition) is 3. The Bertz CT molecular complexity index is 743. The van der Waals surface area contributed by atoms with Crippen molar-refractivity contribution in [3.05, 3.63) is 65.2 Å². The topological polar surface area (TPSA) is 82.0 Å². The number of amides is 2. The largest absolute Gasteiger partial charge is 0.346 e. The fraction of sp³-hybridized carbons (Fsp3) is 0.167. The number of rotatable bonds is 4. The molecule has 2 rings (SSSR count). The molecule has 0 aliphatic carbocycles. The highest BCUT2D eigenvalue weighted by molar-refractivity contribution is 5.95. The maximum Gasteiger partial charge on any atom is 0.251 e. The zero-order chi connectivity index (χ0) is 16.8. The number of anilines is 1. The molecule has 0 saturated carbocycles. The molecule has 2 aromatic rings. The Balaban J connectivity index is 2.02. The second-order valence-corrected chi connectivity index (χ2v) is 5.19. The van der Waals surface area contributed by atoms with Gasteiger partial charge in [-0.15, -0.1) is 0 Å². The quantitative estimate of drug-likeness (QED) is 0.911. The predicted octanol–water partition coefficient (Wildman–Crippen LogP) is 3.01. The Kier molecular flexibility index (Phi) is 5.11. The van der Waals surface area contributed by atoms with Gasteiger partial charge in [-0.2, -0.15) is 5.26 Å². The molecule has 2 amide bonds. The van der Waals surface area contributed by atoms with Gasteiger partial charge in [0.15, 0.2) is 0 Å². The first-order valence-corrected chi connectivity index (χ1v) is 7.18. The number of nitrogens with one attached hydrogen (secondary N) is 2. The first-order valence-electron chi connectivity index (χ1n) is 7.18. The number of carbonyl (C=O) groups is 2. The van der Waals surface area contributed by atoms with Crippen LogP contribution in [0.2, 0.25) is 0 Å². The van der Waals surface area contributed by atoms with Crippen LogP contribution < -0.4 is 10.6 Å². The van der Waals surface area contributed by atoms with Crippen molar-refractivity contribution >= 4 is 17.5 Å². The van der Waals surface area contributed by atoms with E-state index in [2.05, 4.69) is 16.7 Å². The molecule has 1 atom stereocenters. The molecular weight excluding hydrogens is 290 g/mol. The van der Waals surface area contributed by atoms with E-state index in [0.717, 1.165) is 5.56 Å². The normalized spacial score (nSPS) is 11.2. The van der Waals surface area contributed by atoms with Gasteiger partial charge in [-0.3, -0.25) is 9.59 Å². The van der Waals surface area contributed by atoms with Crippen molar-refractivity contribution in [2.24, 2.45) is 0 Å². The van der Waals surface area contributed by atoms with Crippen molar-refractivity contribution < 1.29 is 9.59 Å². The monoisotopic (exact) mass is 307 g/mol. The van der Waals surface area contributed by atoms with Crippen molar-refractivity contribution in [3.63, 3.8) is 0 Å². The molecule has 0 fully saturated rings. The molecular formula is C18H17N3O2. The van der Waals surface area contributed by atoms with Crippen LogP contribution in [-0.2, 0) is 4.79 Å². The molecule has 1 unspecified atom stereocenters. The fourth-order valence-corrected chi connectivity index (χ4v) is 2.12. The van der Waals surface area contributed by atoms with Gasteiger partial charge in [0, 0.05) is 18.2 Å². The van der Waals surface area contributed by atoms with Crippen LogP contribution in [0.25, 0.3) is 0 Å². The average Bonchev–Trinajstić information content (AvgIpc) is 2.55. The smallest absolute Gasteiger partial charge is 0.251 e. The van der Waals surface area contributed by atoms with Crippen LogP contribution in [0.1, 0.15) is 41.4 Å². The van der Waals surface area contributed by atoms with E-state index in [-0.39, 0.29) is 17.9 Å². The molecule has 0 radical (unpaired) electrons. The van der Waals surface area contributed by atoms with Crippen molar-refractivity contribution in [1.29, 1.82) is 5.26 Å². The minimum atomic E-state index is -0.198. The fourth-order valence-electron chi connectivity index (χ4n) is 2.12. The lowest BCUT2D eigenvalue weighted by Gasteiger charge is -2.14. The van der Waals surface area contributed by atoms with Crippen LogP contribution in [0, 0.1) is 11.3 Å². The molecule has 5 heteroatoms. The molecule has 5 nitrogen and oxygen atoms in total. The Morgan fingerprint density at radius 3 is 2.17 bits per heavy atom. The van der Waals surface area contributed by atoms with Crippen molar-refractivity contribution in [2.75, 3.05) is 5.32 Å². The zero-order valence-electron chi connectivity index (χ0n) is 13.0. The van der Waals surface area contributed by atoms with Crippen LogP contribution >= 0.6 is 0 Å². The highest BCUT2D eigenvalue weighted by atomic mass is 16.2. The van der Waals surface area contributed by atoms with E-state index in [1.165, 1.54) is 6.92 Å². The summed E-state index contributed by atoms with van der Waals surface area (Å²) in [7, 11) is 0. The average molecular weight is 307 g/mol. The standard InChI is InChI=1S/C18H17N3O2/c1-12(15-5-3-14(11-19)4-6-15)20-18(23)16-7-9-17(10-8-16)21-13(2)22/h3-10,12H,1-2H3,(H,20,23)(H,21,22). The Hall–Kier alpha value is -3.13. The molecule has 0 heterocycles. The summed E-state index contributed by atoms with van der Waals surface area (Å²) < 4.78 is 0. The molecule has 0 aromatic heterocycles. The molecule has 0 bridgehead atoms. The summed E-state index contributed by atoms with van der Waals surface area (Å²) >= 11 is 0. The van der Waals surface area contributed by atoms with Gasteiger partial charge in [-0.1, -0.05) is 12.1 Å². The van der Waals surface area contributed by atoms with E-state index in [1.54, 1.807) is 36.4 Å². The number of carbonyl (C=O) groups excluding carboxylic acids is 2. The Labute approximate surface area is 134 Å². The van der Waals surface area contributed by atoms with Crippen LogP contribution in [0.4, 0.5) is 5.69 Å². The van der Waals surface area contributed by atoms with Gasteiger partial charge in [0.05, 0.1) is 17.7 Å². The van der Waals surface area contributed by atoms with E-state index in [9.17, 15) is 9.59 Å². The molecule has 0 spiro atoms. The van der Waals surface area contributed by atoms with Crippen molar-refractivity contribution in [2.45, 2.75) is 19.9 Å². The van der Waals surface area contributed by atoms with E-state index in [4.69, 9.17) is 5.26 Å². The van der Waals surface area contributed by atoms with Gasteiger partial charge in [-0.25, -0.2) is 0 Å². The highest BCUT2D eigenvalue weighted by Gasteiger charge is 2.11. The van der Waals surface area contributed by atoms with E-state index >= 15 is 0 Å². The van der Waals surface area contributed by atoms with E-state index in [0.29, 0.717) is 16.8 Å². The lowest BCUT2D eigenvalue weighted by atomic mass is 10.1. The van der Waals surface area contributed by atoms with Crippen LogP contribution in [0.15, 0.2) is 48.5 Å². The Morgan fingerprint density at radius 2 is 1.65 bits per heavy atom. The first-order chi connectivity index (χ1) is 11.0. The summed E-state index contributed by atoms with van der Waals surface area (Å²) in [6.45, 7) is 3.31. The summed E-state index contributed by atoms with van der Waals surface area (Å²) in [5.74, 6) is -0.354. The number of benzene rings is 2. The second kappa shape index (κ2) is 7.23. The minimum Gasteiger partial charge on any atom is -0.346 e. The molecule has 2 aromatic carbocycles.